The first kappa shape index (κ1) is 11.3. The van der Waals surface area contributed by atoms with Crippen LogP contribution in [-0.2, 0) is 6.42 Å². The number of hydrogen-bond donors (Lipinski definition) is 2. The van der Waals surface area contributed by atoms with Crippen molar-refractivity contribution in [3.05, 3.63) is 65.2 Å². The van der Waals surface area contributed by atoms with Gasteiger partial charge in [0.05, 0.1) is 6.04 Å². The Labute approximate surface area is 108 Å². The minimum Gasteiger partial charge on any atom is -0.388 e. The Hall–Kier alpha value is -1.80. The lowest BCUT2D eigenvalue weighted by atomic mass is 9.89. The van der Waals surface area contributed by atoms with Crippen LogP contribution in [0.3, 0.4) is 0 Å². The van der Waals surface area contributed by atoms with Gasteiger partial charge < -0.3 is 10.6 Å². The number of benzene rings is 2. The maximum absolute atomic E-state index is 3.63. The molecular formula is C16H18N2. The molecule has 1 atom stereocenters. The molecule has 0 amide bonds. The highest BCUT2D eigenvalue weighted by molar-refractivity contribution is 5.55. The van der Waals surface area contributed by atoms with Crippen LogP contribution in [0, 0.1) is 0 Å². The Morgan fingerprint density at radius 1 is 1.00 bits per heavy atom. The summed E-state index contributed by atoms with van der Waals surface area (Å²) in [6.45, 7) is 1.04. The second-order valence-corrected chi connectivity index (χ2v) is 4.67. The SMILES string of the molecule is CNc1ccccc1[C@H]1NCCc2ccccc21. The Balaban J connectivity index is 2.08. The largest absolute Gasteiger partial charge is 0.388 e. The van der Waals surface area contributed by atoms with Crippen LogP contribution in [0.15, 0.2) is 48.5 Å². The van der Waals surface area contributed by atoms with Crippen LogP contribution in [0.4, 0.5) is 5.69 Å². The highest BCUT2D eigenvalue weighted by Crippen LogP contribution is 2.32. The fourth-order valence-electron chi connectivity index (χ4n) is 2.76. The van der Waals surface area contributed by atoms with Gasteiger partial charge in [0.15, 0.2) is 0 Å². The predicted molar refractivity (Wildman–Crippen MR) is 76.0 cm³/mol. The van der Waals surface area contributed by atoms with E-state index in [1.807, 2.05) is 7.05 Å². The second kappa shape index (κ2) is 4.83. The molecule has 2 aromatic rings. The van der Waals surface area contributed by atoms with Gasteiger partial charge in [0.25, 0.3) is 0 Å². The van der Waals surface area contributed by atoms with Gasteiger partial charge in [-0.3, -0.25) is 0 Å². The lowest BCUT2D eigenvalue weighted by Crippen LogP contribution is -2.30. The van der Waals surface area contributed by atoms with Crippen molar-refractivity contribution in [2.24, 2.45) is 0 Å². The number of fused-ring (bicyclic) bond motifs is 1. The zero-order chi connectivity index (χ0) is 12.4. The van der Waals surface area contributed by atoms with E-state index in [9.17, 15) is 0 Å². The summed E-state index contributed by atoms with van der Waals surface area (Å²) in [5.74, 6) is 0. The molecular weight excluding hydrogens is 220 g/mol. The van der Waals surface area contributed by atoms with Crippen LogP contribution in [-0.4, -0.2) is 13.6 Å². The average molecular weight is 238 g/mol. The van der Waals surface area contributed by atoms with Crippen LogP contribution < -0.4 is 10.6 Å². The Kier molecular flexibility index (Phi) is 3.03. The van der Waals surface area contributed by atoms with Crippen molar-refractivity contribution >= 4 is 5.69 Å². The summed E-state index contributed by atoms with van der Waals surface area (Å²) in [4.78, 5) is 0. The first-order valence-corrected chi connectivity index (χ1v) is 6.48. The third-order valence-electron chi connectivity index (χ3n) is 3.65. The van der Waals surface area contributed by atoms with Crippen molar-refractivity contribution in [1.29, 1.82) is 0 Å². The molecule has 0 spiro atoms. The molecule has 1 heterocycles. The van der Waals surface area contributed by atoms with Crippen molar-refractivity contribution in [1.82, 2.24) is 5.32 Å². The lowest BCUT2D eigenvalue weighted by Gasteiger charge is -2.28. The fraction of sp³-hybridized carbons (Fsp3) is 0.250. The van der Waals surface area contributed by atoms with Gasteiger partial charge in [-0.1, -0.05) is 42.5 Å². The van der Waals surface area contributed by atoms with Gasteiger partial charge in [-0.05, 0) is 29.2 Å². The molecule has 0 radical (unpaired) electrons. The minimum atomic E-state index is 0.304. The van der Waals surface area contributed by atoms with Crippen molar-refractivity contribution < 1.29 is 0 Å². The van der Waals surface area contributed by atoms with Crippen molar-refractivity contribution in [3.8, 4) is 0 Å². The van der Waals surface area contributed by atoms with Crippen LogP contribution >= 0.6 is 0 Å². The standard InChI is InChI=1S/C16H18N2/c1-17-15-9-5-4-8-14(15)16-13-7-3-2-6-12(13)10-11-18-16/h2-9,16-18H,10-11H2,1H3/t16-/m0/s1. The summed E-state index contributed by atoms with van der Waals surface area (Å²) < 4.78 is 0. The number of anilines is 1. The normalized spacial score (nSPS) is 18.2. The summed E-state index contributed by atoms with van der Waals surface area (Å²) in [5.41, 5.74) is 5.40. The predicted octanol–water partition coefficient (Wildman–Crippen LogP) is 2.96. The van der Waals surface area contributed by atoms with Crippen LogP contribution in [0.5, 0.6) is 0 Å². The van der Waals surface area contributed by atoms with E-state index in [1.165, 1.54) is 22.4 Å². The summed E-state index contributed by atoms with van der Waals surface area (Å²) in [5, 5.41) is 6.91. The molecule has 92 valence electrons. The Bertz CT molecular complexity index is 548. The number of hydrogen-bond acceptors (Lipinski definition) is 2. The Morgan fingerprint density at radius 2 is 1.72 bits per heavy atom. The molecule has 0 unspecified atom stereocenters. The van der Waals surface area contributed by atoms with Crippen LogP contribution in [0.25, 0.3) is 0 Å². The molecule has 0 bridgehead atoms. The van der Waals surface area contributed by atoms with E-state index in [2.05, 4.69) is 59.2 Å². The molecule has 2 heteroatoms. The summed E-state index contributed by atoms with van der Waals surface area (Å²) >= 11 is 0. The first-order valence-electron chi connectivity index (χ1n) is 6.48. The van der Waals surface area contributed by atoms with Crippen molar-refractivity contribution in [2.45, 2.75) is 12.5 Å². The highest BCUT2D eigenvalue weighted by atomic mass is 14.9. The van der Waals surface area contributed by atoms with E-state index in [0.29, 0.717) is 6.04 Å². The zero-order valence-corrected chi connectivity index (χ0v) is 10.6. The molecule has 0 saturated carbocycles. The third kappa shape index (κ3) is 1.89. The fourth-order valence-corrected chi connectivity index (χ4v) is 2.76. The maximum Gasteiger partial charge on any atom is 0.0600 e. The van der Waals surface area contributed by atoms with Crippen LogP contribution in [0.2, 0.25) is 0 Å². The number of para-hydroxylation sites is 1. The molecule has 2 aromatic carbocycles. The minimum absolute atomic E-state index is 0.304. The summed E-state index contributed by atoms with van der Waals surface area (Å²) in [7, 11) is 1.98. The van der Waals surface area contributed by atoms with Gasteiger partial charge in [-0.2, -0.15) is 0 Å². The van der Waals surface area contributed by atoms with Crippen molar-refractivity contribution in [3.63, 3.8) is 0 Å². The molecule has 0 saturated heterocycles. The quantitative estimate of drug-likeness (QED) is 0.840. The number of rotatable bonds is 2. The van der Waals surface area contributed by atoms with E-state index in [0.717, 1.165) is 13.0 Å². The first-order chi connectivity index (χ1) is 8.90. The maximum atomic E-state index is 3.63. The molecule has 1 aliphatic heterocycles. The molecule has 0 fully saturated rings. The van der Waals surface area contributed by atoms with E-state index in [1.54, 1.807) is 0 Å². The third-order valence-corrected chi connectivity index (χ3v) is 3.65. The lowest BCUT2D eigenvalue weighted by molar-refractivity contribution is 0.569. The van der Waals surface area contributed by atoms with Gasteiger partial charge in [0.2, 0.25) is 0 Å². The molecule has 2 nitrogen and oxygen atoms in total. The van der Waals surface area contributed by atoms with E-state index in [-0.39, 0.29) is 0 Å². The molecule has 0 aromatic heterocycles. The topological polar surface area (TPSA) is 24.1 Å². The Morgan fingerprint density at radius 3 is 2.56 bits per heavy atom. The molecule has 1 aliphatic rings. The summed E-state index contributed by atoms with van der Waals surface area (Å²) in [6, 6.07) is 17.5. The van der Waals surface area contributed by atoms with E-state index >= 15 is 0 Å². The molecule has 3 rings (SSSR count). The van der Waals surface area contributed by atoms with Gasteiger partial charge in [-0.15, -0.1) is 0 Å². The summed E-state index contributed by atoms with van der Waals surface area (Å²) in [6.07, 6.45) is 1.12. The molecule has 2 N–H and O–H groups in total. The van der Waals surface area contributed by atoms with Gasteiger partial charge in [0, 0.05) is 19.3 Å². The molecule has 18 heavy (non-hydrogen) atoms. The average Bonchev–Trinajstić information content (AvgIpc) is 2.46. The highest BCUT2D eigenvalue weighted by Gasteiger charge is 2.22. The van der Waals surface area contributed by atoms with Crippen LogP contribution in [0.1, 0.15) is 22.7 Å². The monoisotopic (exact) mass is 238 g/mol. The smallest absolute Gasteiger partial charge is 0.0600 e. The van der Waals surface area contributed by atoms with Gasteiger partial charge in [0.1, 0.15) is 0 Å². The van der Waals surface area contributed by atoms with Crippen molar-refractivity contribution in [2.75, 3.05) is 18.9 Å². The molecule has 0 aliphatic carbocycles. The second-order valence-electron chi connectivity index (χ2n) is 4.67. The van der Waals surface area contributed by atoms with Gasteiger partial charge >= 0.3 is 0 Å². The zero-order valence-electron chi connectivity index (χ0n) is 10.6. The number of nitrogens with one attached hydrogen (secondary N) is 2. The van der Waals surface area contributed by atoms with E-state index in [4.69, 9.17) is 0 Å². The van der Waals surface area contributed by atoms with Gasteiger partial charge in [-0.25, -0.2) is 0 Å². The van der Waals surface area contributed by atoms with E-state index < -0.39 is 0 Å².